The highest BCUT2D eigenvalue weighted by molar-refractivity contribution is 4.85. The average Bonchev–Trinajstić information content (AvgIpc) is 2.65. The third-order valence-corrected chi connectivity index (χ3v) is 2.79. The first-order valence-corrected chi connectivity index (χ1v) is 5.90. The van der Waals surface area contributed by atoms with Crippen LogP contribution in [0.5, 0.6) is 0 Å². The molecule has 0 saturated carbocycles. The molecule has 0 bridgehead atoms. The number of ether oxygens (including phenoxy) is 2. The van der Waals surface area contributed by atoms with Gasteiger partial charge in [0.05, 0.1) is 13.2 Å². The van der Waals surface area contributed by atoms with E-state index in [1.165, 1.54) is 0 Å². The molecule has 1 heterocycles. The first kappa shape index (κ1) is 14.7. The summed E-state index contributed by atoms with van der Waals surface area (Å²) < 4.78 is 46.0. The monoisotopic (exact) mass is 255 g/mol. The van der Waals surface area contributed by atoms with Crippen molar-refractivity contribution in [2.24, 2.45) is 5.41 Å². The highest BCUT2D eigenvalue weighted by Crippen LogP contribution is 2.29. The molecule has 6 heteroatoms. The van der Waals surface area contributed by atoms with Gasteiger partial charge in [-0.15, -0.1) is 0 Å². The fourth-order valence-corrected chi connectivity index (χ4v) is 1.87. The summed E-state index contributed by atoms with van der Waals surface area (Å²) >= 11 is 0. The van der Waals surface area contributed by atoms with Crippen molar-refractivity contribution < 1.29 is 22.6 Å². The topological polar surface area (TPSA) is 30.5 Å². The van der Waals surface area contributed by atoms with Crippen molar-refractivity contribution in [3.8, 4) is 0 Å². The van der Waals surface area contributed by atoms with Gasteiger partial charge in [0.15, 0.2) is 0 Å². The number of hydrogen-bond acceptors (Lipinski definition) is 3. The third kappa shape index (κ3) is 5.70. The minimum Gasteiger partial charge on any atom is -0.381 e. The Balaban J connectivity index is 2.32. The Morgan fingerprint density at radius 3 is 2.71 bits per heavy atom. The number of hydrogen-bond donors (Lipinski definition) is 1. The summed E-state index contributed by atoms with van der Waals surface area (Å²) in [4.78, 5) is 0. The molecular weight excluding hydrogens is 235 g/mol. The largest absolute Gasteiger partial charge is 0.411 e. The fourth-order valence-electron chi connectivity index (χ4n) is 1.87. The zero-order chi connectivity index (χ0) is 12.8. The van der Waals surface area contributed by atoms with Crippen molar-refractivity contribution in [2.75, 3.05) is 39.5 Å². The van der Waals surface area contributed by atoms with Gasteiger partial charge in [0.25, 0.3) is 0 Å². The molecule has 0 aromatic rings. The molecule has 1 N–H and O–H groups in total. The van der Waals surface area contributed by atoms with Crippen LogP contribution in [0.25, 0.3) is 0 Å². The SMILES string of the molecule is CCCNCC1(COCC(F)(F)F)CCOC1. The summed E-state index contributed by atoms with van der Waals surface area (Å²) in [6.07, 6.45) is -2.50. The number of rotatable bonds is 7. The molecule has 3 nitrogen and oxygen atoms in total. The van der Waals surface area contributed by atoms with Crippen LogP contribution in [-0.4, -0.2) is 45.7 Å². The Morgan fingerprint density at radius 1 is 1.41 bits per heavy atom. The zero-order valence-electron chi connectivity index (χ0n) is 10.1. The molecule has 0 aliphatic carbocycles. The molecule has 1 fully saturated rings. The third-order valence-electron chi connectivity index (χ3n) is 2.79. The van der Waals surface area contributed by atoms with Gasteiger partial charge < -0.3 is 14.8 Å². The standard InChI is InChI=1S/C11H20F3NO2/c1-2-4-15-6-10(3-5-16-7-10)8-17-9-11(12,13)14/h15H,2-9H2,1H3. The summed E-state index contributed by atoms with van der Waals surface area (Å²) in [5.74, 6) is 0. The van der Waals surface area contributed by atoms with Crippen LogP contribution < -0.4 is 5.32 Å². The first-order valence-electron chi connectivity index (χ1n) is 5.90. The Labute approximate surface area is 99.7 Å². The Kier molecular flexibility index (Phi) is 5.69. The normalized spacial score (nSPS) is 25.4. The number of halogens is 3. The molecule has 1 unspecified atom stereocenters. The van der Waals surface area contributed by atoms with Crippen molar-refractivity contribution in [1.82, 2.24) is 5.32 Å². The fraction of sp³-hybridized carbons (Fsp3) is 1.00. The van der Waals surface area contributed by atoms with Crippen molar-refractivity contribution in [1.29, 1.82) is 0 Å². The molecule has 1 saturated heterocycles. The van der Waals surface area contributed by atoms with Crippen molar-refractivity contribution in [2.45, 2.75) is 25.9 Å². The maximum absolute atomic E-state index is 12.0. The number of alkyl halides is 3. The van der Waals surface area contributed by atoms with E-state index in [2.05, 4.69) is 5.32 Å². The van der Waals surface area contributed by atoms with Crippen molar-refractivity contribution >= 4 is 0 Å². The molecule has 1 aliphatic rings. The van der Waals surface area contributed by atoms with Crippen LogP contribution in [0, 0.1) is 5.41 Å². The van der Waals surface area contributed by atoms with Gasteiger partial charge in [-0.3, -0.25) is 0 Å². The maximum atomic E-state index is 12.0. The van der Waals surface area contributed by atoms with Gasteiger partial charge in [-0.1, -0.05) is 6.92 Å². The Hall–Kier alpha value is -0.330. The highest BCUT2D eigenvalue weighted by atomic mass is 19.4. The zero-order valence-corrected chi connectivity index (χ0v) is 10.1. The minimum absolute atomic E-state index is 0.100. The second-order valence-corrected chi connectivity index (χ2v) is 4.59. The molecule has 1 rings (SSSR count). The lowest BCUT2D eigenvalue weighted by atomic mass is 9.88. The average molecular weight is 255 g/mol. The first-order chi connectivity index (χ1) is 7.97. The van der Waals surface area contributed by atoms with E-state index < -0.39 is 12.8 Å². The molecule has 102 valence electrons. The van der Waals surface area contributed by atoms with Crippen LogP contribution in [0.1, 0.15) is 19.8 Å². The molecule has 0 spiro atoms. The molecule has 0 amide bonds. The van der Waals surface area contributed by atoms with Gasteiger partial charge in [-0.2, -0.15) is 13.2 Å². The summed E-state index contributed by atoms with van der Waals surface area (Å²) in [5, 5.41) is 3.22. The van der Waals surface area contributed by atoms with Gasteiger partial charge in [0.2, 0.25) is 0 Å². The quantitative estimate of drug-likeness (QED) is 0.706. The lowest BCUT2D eigenvalue weighted by Crippen LogP contribution is -2.40. The summed E-state index contributed by atoms with van der Waals surface area (Å²) in [6.45, 7) is 3.56. The Morgan fingerprint density at radius 2 is 2.18 bits per heavy atom. The van der Waals surface area contributed by atoms with E-state index in [1.54, 1.807) is 0 Å². The molecule has 0 aromatic heterocycles. The minimum atomic E-state index is -4.25. The van der Waals surface area contributed by atoms with Crippen LogP contribution in [0.4, 0.5) is 13.2 Å². The summed E-state index contributed by atoms with van der Waals surface area (Å²) in [6, 6.07) is 0. The van der Waals surface area contributed by atoms with Gasteiger partial charge in [-0.25, -0.2) is 0 Å². The van der Waals surface area contributed by atoms with E-state index in [0.717, 1.165) is 19.4 Å². The second-order valence-electron chi connectivity index (χ2n) is 4.59. The smallest absolute Gasteiger partial charge is 0.381 e. The lowest BCUT2D eigenvalue weighted by molar-refractivity contribution is -0.180. The van der Waals surface area contributed by atoms with Gasteiger partial charge in [0, 0.05) is 18.6 Å². The highest BCUT2D eigenvalue weighted by Gasteiger charge is 2.36. The van der Waals surface area contributed by atoms with Crippen LogP contribution in [0.3, 0.4) is 0 Å². The number of nitrogens with one attached hydrogen (secondary N) is 1. The van der Waals surface area contributed by atoms with Crippen molar-refractivity contribution in [3.63, 3.8) is 0 Å². The Bertz CT molecular complexity index is 215. The second kappa shape index (κ2) is 6.56. The van der Waals surface area contributed by atoms with Crippen LogP contribution in [0.15, 0.2) is 0 Å². The molecular formula is C11H20F3NO2. The maximum Gasteiger partial charge on any atom is 0.411 e. The van der Waals surface area contributed by atoms with E-state index in [-0.39, 0.29) is 12.0 Å². The van der Waals surface area contributed by atoms with Crippen LogP contribution in [-0.2, 0) is 9.47 Å². The van der Waals surface area contributed by atoms with E-state index >= 15 is 0 Å². The summed E-state index contributed by atoms with van der Waals surface area (Å²) in [7, 11) is 0. The predicted molar refractivity (Wildman–Crippen MR) is 57.9 cm³/mol. The van der Waals surface area contributed by atoms with Gasteiger partial charge >= 0.3 is 6.18 Å². The van der Waals surface area contributed by atoms with E-state index in [9.17, 15) is 13.2 Å². The van der Waals surface area contributed by atoms with E-state index in [1.807, 2.05) is 6.92 Å². The predicted octanol–water partition coefficient (Wildman–Crippen LogP) is 1.97. The molecule has 0 radical (unpaired) electrons. The molecule has 17 heavy (non-hydrogen) atoms. The van der Waals surface area contributed by atoms with E-state index in [0.29, 0.717) is 19.8 Å². The van der Waals surface area contributed by atoms with E-state index in [4.69, 9.17) is 9.47 Å². The van der Waals surface area contributed by atoms with Gasteiger partial charge in [-0.05, 0) is 19.4 Å². The van der Waals surface area contributed by atoms with Crippen molar-refractivity contribution in [3.05, 3.63) is 0 Å². The van der Waals surface area contributed by atoms with Crippen LogP contribution >= 0.6 is 0 Å². The molecule has 1 atom stereocenters. The van der Waals surface area contributed by atoms with Gasteiger partial charge in [0.1, 0.15) is 6.61 Å². The molecule has 1 aliphatic heterocycles. The van der Waals surface area contributed by atoms with Crippen LogP contribution in [0.2, 0.25) is 0 Å². The summed E-state index contributed by atoms with van der Waals surface area (Å²) in [5.41, 5.74) is -0.291. The molecule has 0 aromatic carbocycles. The lowest BCUT2D eigenvalue weighted by Gasteiger charge is -2.27.